The Hall–Kier alpha value is -2.22. The number of aryl methyl sites for hydroxylation is 1. The first-order chi connectivity index (χ1) is 16.4. The molecule has 1 N–H and O–H groups in total. The van der Waals surface area contributed by atoms with E-state index in [-0.39, 0.29) is 17.9 Å². The van der Waals surface area contributed by atoms with E-state index < -0.39 is 0 Å². The third-order valence-corrected chi connectivity index (χ3v) is 8.20. The van der Waals surface area contributed by atoms with E-state index in [1.807, 2.05) is 37.0 Å². The van der Waals surface area contributed by atoms with Crippen LogP contribution in [0.4, 0.5) is 0 Å². The molecular weight excluding hydrogens is 466 g/mol. The van der Waals surface area contributed by atoms with Gasteiger partial charge in [0.2, 0.25) is 5.91 Å². The van der Waals surface area contributed by atoms with Crippen molar-refractivity contribution in [3.05, 3.63) is 63.1 Å². The number of rotatable bonds is 8. The molecule has 1 aliphatic heterocycles. The quantitative estimate of drug-likeness (QED) is 0.494. The molecule has 2 atom stereocenters. The van der Waals surface area contributed by atoms with E-state index in [1.165, 1.54) is 16.0 Å². The van der Waals surface area contributed by atoms with Gasteiger partial charge in [-0.15, -0.1) is 21.5 Å². The number of nitrogens with one attached hydrogen (secondary N) is 1. The minimum atomic E-state index is -0.152. The molecule has 0 saturated heterocycles. The summed E-state index contributed by atoms with van der Waals surface area (Å²) in [6.45, 7) is 14.8. The van der Waals surface area contributed by atoms with E-state index in [0.29, 0.717) is 11.6 Å². The Balaban J connectivity index is 1.74. The molecule has 0 saturated carbocycles. The Kier molecular flexibility index (Phi) is 7.75. The van der Waals surface area contributed by atoms with Gasteiger partial charge in [-0.25, -0.2) is 0 Å². The zero-order valence-corrected chi connectivity index (χ0v) is 22.1. The minimum absolute atomic E-state index is 0.00247. The predicted octanol–water partition coefficient (Wildman–Crippen LogP) is 5.40. The summed E-state index contributed by atoms with van der Waals surface area (Å²) in [4.78, 5) is 16.7. The molecule has 2 aliphatic rings. The Bertz CT molecular complexity index is 1140. The van der Waals surface area contributed by atoms with Gasteiger partial charge in [-0.05, 0) is 56.7 Å². The molecule has 2 aromatic rings. The van der Waals surface area contributed by atoms with Gasteiger partial charge in [0, 0.05) is 34.5 Å². The molecule has 182 valence electrons. The van der Waals surface area contributed by atoms with E-state index in [0.717, 1.165) is 61.0 Å². The molecule has 3 heterocycles. The number of carbonyl (C=O) groups is 1. The first kappa shape index (κ1) is 24.9. The van der Waals surface area contributed by atoms with Crippen molar-refractivity contribution in [1.29, 1.82) is 0 Å². The Labute approximate surface area is 211 Å². The van der Waals surface area contributed by atoms with Crippen LogP contribution in [0.2, 0.25) is 0 Å². The van der Waals surface area contributed by atoms with E-state index >= 15 is 0 Å². The molecule has 1 amide bonds. The van der Waals surface area contributed by atoms with Crippen LogP contribution in [0, 0.1) is 12.8 Å². The molecule has 0 bridgehead atoms. The molecular formula is C26H34ClN5OS. The van der Waals surface area contributed by atoms with Gasteiger partial charge in [-0.3, -0.25) is 14.7 Å². The summed E-state index contributed by atoms with van der Waals surface area (Å²) < 4.78 is 2.15. The van der Waals surface area contributed by atoms with E-state index in [4.69, 9.17) is 11.6 Å². The number of aromatic nitrogens is 3. The lowest BCUT2D eigenvalue weighted by Crippen LogP contribution is -2.37. The fourth-order valence-corrected chi connectivity index (χ4v) is 6.71. The highest BCUT2D eigenvalue weighted by Gasteiger charge is 2.39. The van der Waals surface area contributed by atoms with E-state index in [9.17, 15) is 4.79 Å². The summed E-state index contributed by atoms with van der Waals surface area (Å²) in [5.41, 5.74) is 3.26. The Morgan fingerprint density at radius 3 is 2.71 bits per heavy atom. The smallest absolute Gasteiger partial charge is 0.226 e. The number of carbonyl (C=O) groups excluding carboxylic acids is 1. The van der Waals surface area contributed by atoms with Crippen molar-refractivity contribution in [2.24, 2.45) is 5.92 Å². The van der Waals surface area contributed by atoms with Gasteiger partial charge in [0.25, 0.3) is 0 Å². The number of nitrogens with zero attached hydrogens (tertiary/aromatic N) is 4. The molecule has 2 aromatic heterocycles. The summed E-state index contributed by atoms with van der Waals surface area (Å²) in [5.74, 6) is 2.03. The monoisotopic (exact) mass is 499 g/mol. The first-order valence-electron chi connectivity index (χ1n) is 12.2. The molecule has 4 rings (SSSR count). The Morgan fingerprint density at radius 1 is 1.29 bits per heavy atom. The molecule has 34 heavy (non-hydrogen) atoms. The lowest BCUT2D eigenvalue weighted by molar-refractivity contribution is -0.135. The molecule has 1 aliphatic carbocycles. The van der Waals surface area contributed by atoms with Crippen molar-refractivity contribution in [3.8, 4) is 5.00 Å². The van der Waals surface area contributed by atoms with Crippen molar-refractivity contribution in [2.75, 3.05) is 13.1 Å². The van der Waals surface area contributed by atoms with Crippen LogP contribution in [0.25, 0.3) is 5.00 Å². The summed E-state index contributed by atoms with van der Waals surface area (Å²) in [7, 11) is 0. The van der Waals surface area contributed by atoms with Gasteiger partial charge in [0.15, 0.2) is 5.82 Å². The number of halogens is 1. The minimum Gasteiger partial charge on any atom is -0.342 e. The largest absolute Gasteiger partial charge is 0.342 e. The summed E-state index contributed by atoms with van der Waals surface area (Å²) in [6, 6.07) is -0.152. The molecule has 0 unspecified atom stereocenters. The average Bonchev–Trinajstić information content (AvgIpc) is 3.46. The molecule has 6 nitrogen and oxygen atoms in total. The van der Waals surface area contributed by atoms with Gasteiger partial charge >= 0.3 is 0 Å². The third kappa shape index (κ3) is 4.53. The Morgan fingerprint density at radius 2 is 2.03 bits per heavy atom. The first-order valence-corrected chi connectivity index (χ1v) is 13.4. The summed E-state index contributed by atoms with van der Waals surface area (Å²) >= 11 is 8.43. The lowest BCUT2D eigenvalue weighted by Gasteiger charge is -2.25. The molecule has 0 aromatic carbocycles. The fourth-order valence-electron chi connectivity index (χ4n) is 5.02. The molecule has 0 fully saturated rings. The predicted molar refractivity (Wildman–Crippen MR) is 140 cm³/mol. The third-order valence-electron chi connectivity index (χ3n) is 6.58. The van der Waals surface area contributed by atoms with Crippen molar-refractivity contribution in [2.45, 2.75) is 66.0 Å². The maximum atomic E-state index is 13.4. The zero-order chi connectivity index (χ0) is 24.4. The lowest BCUT2D eigenvalue weighted by atomic mass is 9.95. The average molecular weight is 500 g/mol. The molecule has 0 radical (unpaired) electrons. The van der Waals surface area contributed by atoms with Gasteiger partial charge in [0.1, 0.15) is 10.8 Å². The van der Waals surface area contributed by atoms with Crippen molar-refractivity contribution < 1.29 is 4.79 Å². The van der Waals surface area contributed by atoms with Crippen molar-refractivity contribution in [1.82, 2.24) is 25.0 Å². The standard InChI is InChI=1S/C26H34ClN5OS/c1-6-9-10-20(27)16(4)24-23-19-13-18(25(33)31(11-7-2)12-8-3)14-21(19)34-26(23)32-17(5)29-30-22(32)15-28-24/h6,9-10,18,24,28H,4,7-8,11-15H2,1-3,5H3/b9-6-,20-10+/t18-,24-/m0/s1. The second-order valence-electron chi connectivity index (χ2n) is 9.03. The second-order valence-corrected chi connectivity index (χ2v) is 10.5. The molecule has 0 spiro atoms. The van der Waals surface area contributed by atoms with Crippen LogP contribution < -0.4 is 5.32 Å². The topological polar surface area (TPSA) is 63.1 Å². The highest BCUT2D eigenvalue weighted by molar-refractivity contribution is 7.15. The van der Waals surface area contributed by atoms with Gasteiger partial charge in [-0.1, -0.05) is 44.2 Å². The van der Waals surface area contributed by atoms with Crippen LogP contribution in [-0.4, -0.2) is 38.7 Å². The van der Waals surface area contributed by atoms with Crippen LogP contribution in [0.3, 0.4) is 0 Å². The van der Waals surface area contributed by atoms with Crippen molar-refractivity contribution >= 4 is 28.8 Å². The van der Waals surface area contributed by atoms with Gasteiger partial charge in [-0.2, -0.15) is 0 Å². The van der Waals surface area contributed by atoms with Crippen molar-refractivity contribution in [3.63, 3.8) is 0 Å². The van der Waals surface area contributed by atoms with E-state index in [2.05, 4.69) is 40.5 Å². The van der Waals surface area contributed by atoms with Crippen LogP contribution in [0.15, 0.2) is 35.4 Å². The summed E-state index contributed by atoms with van der Waals surface area (Å²) in [6.07, 6.45) is 9.25. The van der Waals surface area contributed by atoms with Crippen LogP contribution >= 0.6 is 22.9 Å². The van der Waals surface area contributed by atoms with E-state index in [1.54, 1.807) is 11.3 Å². The number of allylic oxidation sites excluding steroid dienone is 3. The number of amides is 1. The summed E-state index contributed by atoms with van der Waals surface area (Å²) in [5, 5.41) is 14.1. The van der Waals surface area contributed by atoms with Gasteiger partial charge in [0.05, 0.1) is 12.6 Å². The van der Waals surface area contributed by atoms with Crippen LogP contribution in [0.5, 0.6) is 0 Å². The number of hydrogen-bond donors (Lipinski definition) is 1. The fraction of sp³-hybridized carbons (Fsp3) is 0.500. The van der Waals surface area contributed by atoms with Gasteiger partial charge < -0.3 is 4.90 Å². The number of fused-ring (bicyclic) bond motifs is 5. The zero-order valence-electron chi connectivity index (χ0n) is 20.5. The normalized spacial score (nSPS) is 19.6. The maximum Gasteiger partial charge on any atom is 0.226 e. The maximum absolute atomic E-state index is 13.4. The SMILES string of the molecule is C=C(/C(Cl)=C\C=C/C)[C@@H]1NCc2nnc(C)n2-c2sc3c(c21)C[C@H](C(=O)N(CCC)CCC)C3. The highest BCUT2D eigenvalue weighted by atomic mass is 35.5. The van der Waals surface area contributed by atoms with Crippen LogP contribution in [0.1, 0.15) is 67.3 Å². The number of thiophene rings is 1. The molecule has 8 heteroatoms. The van der Waals surface area contributed by atoms with Crippen LogP contribution in [-0.2, 0) is 24.2 Å². The highest BCUT2D eigenvalue weighted by Crippen LogP contribution is 2.47. The second kappa shape index (κ2) is 10.6. The number of hydrogen-bond acceptors (Lipinski definition) is 5.